The molecule has 0 radical (unpaired) electrons. The van der Waals surface area contributed by atoms with E-state index in [1.165, 1.54) is 14.2 Å². The first-order chi connectivity index (χ1) is 6.11. The van der Waals surface area contributed by atoms with Gasteiger partial charge in [-0.15, -0.1) is 0 Å². The Morgan fingerprint density at radius 3 is 2.62 bits per heavy atom. The summed E-state index contributed by atoms with van der Waals surface area (Å²) in [5.41, 5.74) is 5.39. The van der Waals surface area contributed by atoms with Crippen molar-refractivity contribution < 1.29 is 14.3 Å². The lowest BCUT2D eigenvalue weighted by atomic mass is 10.3. The standard InChI is InChI=1S/C7H15N3O3/c1-9-6(11)3-10-7(12)5(8)4-13-2/h5H,3-4,8H2,1-2H3,(H,9,11)(H,10,12). The first-order valence-corrected chi connectivity index (χ1v) is 3.84. The van der Waals surface area contributed by atoms with Crippen LogP contribution in [0.1, 0.15) is 0 Å². The molecule has 6 heteroatoms. The SMILES string of the molecule is CNC(=O)CNC(=O)C(N)COC. The Balaban J connectivity index is 3.67. The maximum Gasteiger partial charge on any atom is 0.239 e. The Morgan fingerprint density at radius 2 is 2.15 bits per heavy atom. The van der Waals surface area contributed by atoms with Crippen molar-refractivity contribution in [3.8, 4) is 0 Å². The Hall–Kier alpha value is -1.14. The van der Waals surface area contributed by atoms with Crippen LogP contribution in [0.5, 0.6) is 0 Å². The van der Waals surface area contributed by atoms with Gasteiger partial charge in [-0.05, 0) is 0 Å². The zero-order valence-electron chi connectivity index (χ0n) is 7.79. The molecule has 0 aliphatic carbocycles. The van der Waals surface area contributed by atoms with Crippen LogP contribution in [0.3, 0.4) is 0 Å². The number of rotatable bonds is 5. The van der Waals surface area contributed by atoms with E-state index in [0.717, 1.165) is 0 Å². The third-order valence-corrected chi connectivity index (χ3v) is 1.39. The number of methoxy groups -OCH3 is 1. The molecule has 6 nitrogen and oxygen atoms in total. The van der Waals surface area contributed by atoms with E-state index in [-0.39, 0.29) is 19.1 Å². The Morgan fingerprint density at radius 1 is 1.54 bits per heavy atom. The predicted molar refractivity (Wildman–Crippen MR) is 46.9 cm³/mol. The topological polar surface area (TPSA) is 93.5 Å². The van der Waals surface area contributed by atoms with E-state index >= 15 is 0 Å². The summed E-state index contributed by atoms with van der Waals surface area (Å²) in [5, 5.41) is 4.73. The highest BCUT2D eigenvalue weighted by Crippen LogP contribution is 1.79. The molecule has 1 unspecified atom stereocenters. The summed E-state index contributed by atoms with van der Waals surface area (Å²) in [4.78, 5) is 21.8. The number of ether oxygens (including phenoxy) is 1. The van der Waals surface area contributed by atoms with Crippen LogP contribution in [-0.2, 0) is 14.3 Å². The Labute approximate surface area is 76.8 Å². The lowest BCUT2D eigenvalue weighted by Crippen LogP contribution is -2.46. The molecule has 2 amide bonds. The van der Waals surface area contributed by atoms with Crippen molar-refractivity contribution in [2.45, 2.75) is 6.04 Å². The van der Waals surface area contributed by atoms with E-state index in [2.05, 4.69) is 15.4 Å². The number of likely N-dealkylation sites (N-methyl/N-ethyl adjacent to an activating group) is 1. The van der Waals surface area contributed by atoms with Crippen molar-refractivity contribution >= 4 is 11.8 Å². The van der Waals surface area contributed by atoms with Crippen molar-refractivity contribution in [3.63, 3.8) is 0 Å². The van der Waals surface area contributed by atoms with Crippen molar-refractivity contribution in [3.05, 3.63) is 0 Å². The summed E-state index contributed by atoms with van der Waals surface area (Å²) >= 11 is 0. The zero-order valence-corrected chi connectivity index (χ0v) is 7.79. The minimum atomic E-state index is -0.727. The molecule has 0 aromatic carbocycles. The van der Waals surface area contributed by atoms with Gasteiger partial charge in [-0.2, -0.15) is 0 Å². The molecule has 0 fully saturated rings. The molecule has 1 atom stereocenters. The van der Waals surface area contributed by atoms with Crippen LogP contribution in [-0.4, -0.2) is 45.2 Å². The second-order valence-electron chi connectivity index (χ2n) is 2.45. The minimum absolute atomic E-state index is 0.0628. The first kappa shape index (κ1) is 11.9. The summed E-state index contributed by atoms with van der Waals surface area (Å²) in [6.45, 7) is 0.0757. The fourth-order valence-corrected chi connectivity index (χ4v) is 0.642. The van der Waals surface area contributed by atoms with E-state index < -0.39 is 11.9 Å². The van der Waals surface area contributed by atoms with Gasteiger partial charge in [-0.3, -0.25) is 9.59 Å². The number of amides is 2. The van der Waals surface area contributed by atoms with E-state index in [1.807, 2.05) is 0 Å². The summed E-state index contributed by atoms with van der Waals surface area (Å²) in [5.74, 6) is -0.664. The highest BCUT2D eigenvalue weighted by atomic mass is 16.5. The molecule has 0 spiro atoms. The van der Waals surface area contributed by atoms with Gasteiger partial charge in [0.2, 0.25) is 11.8 Å². The van der Waals surface area contributed by atoms with Gasteiger partial charge in [0.05, 0.1) is 13.2 Å². The predicted octanol–water partition coefficient (Wildman–Crippen LogP) is -2.18. The van der Waals surface area contributed by atoms with Crippen molar-refractivity contribution in [2.24, 2.45) is 5.73 Å². The molecule has 0 heterocycles. The minimum Gasteiger partial charge on any atom is -0.383 e. The first-order valence-electron chi connectivity index (χ1n) is 3.84. The summed E-state index contributed by atoms with van der Waals surface area (Å²) in [7, 11) is 2.94. The quantitative estimate of drug-likeness (QED) is 0.458. The van der Waals surface area contributed by atoms with Gasteiger partial charge < -0.3 is 21.1 Å². The third kappa shape index (κ3) is 5.15. The largest absolute Gasteiger partial charge is 0.383 e. The maximum absolute atomic E-state index is 11.1. The van der Waals surface area contributed by atoms with Gasteiger partial charge >= 0.3 is 0 Å². The number of carbonyl (C=O) groups excluding carboxylic acids is 2. The zero-order chi connectivity index (χ0) is 10.3. The fourth-order valence-electron chi connectivity index (χ4n) is 0.642. The summed E-state index contributed by atoms with van der Waals surface area (Å²) in [6.07, 6.45) is 0. The maximum atomic E-state index is 11.1. The molecule has 0 aromatic heterocycles. The van der Waals surface area contributed by atoms with Crippen LogP contribution in [0.4, 0.5) is 0 Å². The van der Waals surface area contributed by atoms with Crippen LogP contribution in [0, 0.1) is 0 Å². The highest BCUT2D eigenvalue weighted by Gasteiger charge is 2.12. The lowest BCUT2D eigenvalue weighted by molar-refractivity contribution is -0.127. The number of nitrogens with one attached hydrogen (secondary N) is 2. The van der Waals surface area contributed by atoms with E-state index in [9.17, 15) is 9.59 Å². The van der Waals surface area contributed by atoms with Crippen LogP contribution >= 0.6 is 0 Å². The highest BCUT2D eigenvalue weighted by molar-refractivity contribution is 5.87. The normalized spacial score (nSPS) is 11.9. The molecule has 13 heavy (non-hydrogen) atoms. The van der Waals surface area contributed by atoms with E-state index in [0.29, 0.717) is 0 Å². The van der Waals surface area contributed by atoms with Gasteiger partial charge in [0.15, 0.2) is 0 Å². The number of hydrogen-bond acceptors (Lipinski definition) is 4. The molecule has 0 aliphatic rings. The third-order valence-electron chi connectivity index (χ3n) is 1.39. The number of nitrogens with two attached hydrogens (primary N) is 1. The molecule has 4 N–H and O–H groups in total. The molecular weight excluding hydrogens is 174 g/mol. The van der Waals surface area contributed by atoms with Crippen LogP contribution in [0.2, 0.25) is 0 Å². The van der Waals surface area contributed by atoms with Gasteiger partial charge in [-0.25, -0.2) is 0 Å². The summed E-state index contributed by atoms with van der Waals surface area (Å²) in [6, 6.07) is -0.727. The number of carbonyl (C=O) groups is 2. The lowest BCUT2D eigenvalue weighted by Gasteiger charge is -2.10. The smallest absolute Gasteiger partial charge is 0.239 e. The number of hydrogen-bond donors (Lipinski definition) is 3. The van der Waals surface area contributed by atoms with Gasteiger partial charge in [0.25, 0.3) is 0 Å². The molecular formula is C7H15N3O3. The molecule has 76 valence electrons. The second kappa shape index (κ2) is 6.38. The molecule has 0 aromatic rings. The summed E-state index contributed by atoms with van der Waals surface area (Å²) < 4.78 is 4.67. The molecule has 0 aliphatic heterocycles. The van der Waals surface area contributed by atoms with Gasteiger partial charge in [-0.1, -0.05) is 0 Å². The second-order valence-corrected chi connectivity index (χ2v) is 2.45. The van der Waals surface area contributed by atoms with Crippen molar-refractivity contribution in [2.75, 3.05) is 27.3 Å². The van der Waals surface area contributed by atoms with Gasteiger partial charge in [0, 0.05) is 14.2 Å². The van der Waals surface area contributed by atoms with Crippen LogP contribution in [0.25, 0.3) is 0 Å². The fraction of sp³-hybridized carbons (Fsp3) is 0.714. The molecule has 0 saturated carbocycles. The van der Waals surface area contributed by atoms with E-state index in [4.69, 9.17) is 5.73 Å². The van der Waals surface area contributed by atoms with Gasteiger partial charge in [0.1, 0.15) is 6.04 Å². The molecule has 0 rings (SSSR count). The van der Waals surface area contributed by atoms with E-state index in [1.54, 1.807) is 0 Å². The molecule has 0 bridgehead atoms. The van der Waals surface area contributed by atoms with Crippen molar-refractivity contribution in [1.82, 2.24) is 10.6 Å². The average molecular weight is 189 g/mol. The Bertz CT molecular complexity index is 184. The van der Waals surface area contributed by atoms with Crippen LogP contribution in [0.15, 0.2) is 0 Å². The van der Waals surface area contributed by atoms with Crippen molar-refractivity contribution in [1.29, 1.82) is 0 Å². The Kier molecular flexibility index (Phi) is 5.82. The average Bonchev–Trinajstić information content (AvgIpc) is 2.13. The van der Waals surface area contributed by atoms with Crippen LogP contribution < -0.4 is 16.4 Å². The molecule has 0 saturated heterocycles. The monoisotopic (exact) mass is 189 g/mol.